The molecular weight excluding hydrogens is 223 g/mol. The fourth-order valence-corrected chi connectivity index (χ4v) is 0.296. The van der Waals surface area contributed by atoms with Gasteiger partial charge in [0.15, 0.2) is 0 Å². The molecule has 0 rings (SSSR count). The fourth-order valence-electron chi connectivity index (χ4n) is 0.126. The second kappa shape index (κ2) is 4.66. The van der Waals surface area contributed by atoms with Gasteiger partial charge in [0, 0.05) is 4.91 Å². The molecule has 0 aromatic carbocycles. The Balaban J connectivity index is 3.39. The Labute approximate surface area is 59.6 Å². The lowest BCUT2D eigenvalue weighted by molar-refractivity contribution is -0.117. The molecule has 0 unspecified atom stereocenters. The third kappa shape index (κ3) is 3.69. The minimum absolute atomic E-state index is 0.126. The van der Waals surface area contributed by atoms with Gasteiger partial charge in [-0.25, -0.2) is 0 Å². The van der Waals surface area contributed by atoms with Gasteiger partial charge in [-0.2, -0.15) is 0 Å². The Morgan fingerprint density at radius 1 is 2.00 bits per heavy atom. The van der Waals surface area contributed by atoms with Crippen molar-refractivity contribution in [1.82, 2.24) is 3.53 Å². The molecule has 0 saturated carbocycles. The average molecular weight is 226 g/mol. The van der Waals surface area contributed by atoms with E-state index in [4.69, 9.17) is 5.53 Å². The maximum absolute atomic E-state index is 10.2. The number of nitrogens with one attached hydrogen (secondary N) is 1. The van der Waals surface area contributed by atoms with Crippen LogP contribution in [0.15, 0.2) is 5.11 Å². The number of carbonyl (C=O) groups excluding carboxylic acids is 1. The van der Waals surface area contributed by atoms with Crippen molar-refractivity contribution in [2.45, 2.75) is 0 Å². The zero-order valence-electron chi connectivity index (χ0n) is 3.83. The summed E-state index contributed by atoms with van der Waals surface area (Å²) in [6.07, 6.45) is 0. The van der Waals surface area contributed by atoms with Gasteiger partial charge in [-0.05, 0) is 5.53 Å². The van der Waals surface area contributed by atoms with Crippen molar-refractivity contribution < 1.29 is 4.79 Å². The molecule has 0 saturated heterocycles. The summed E-state index contributed by atoms with van der Waals surface area (Å²) in [5.74, 6) is -0.289. The van der Waals surface area contributed by atoms with Crippen LogP contribution in [0.3, 0.4) is 0 Å². The highest BCUT2D eigenvalue weighted by atomic mass is 127. The zero-order chi connectivity index (χ0) is 6.41. The Kier molecular flexibility index (Phi) is 4.38. The molecule has 0 aliphatic heterocycles. The lowest BCUT2D eigenvalue weighted by Gasteiger charge is -1.85. The summed E-state index contributed by atoms with van der Waals surface area (Å²) < 4.78 is 2.27. The minimum Gasteiger partial charge on any atom is -0.299 e. The minimum atomic E-state index is -0.289. The number of carbonyl (C=O) groups is 1. The lowest BCUT2D eigenvalue weighted by Crippen LogP contribution is -2.13. The van der Waals surface area contributed by atoms with E-state index in [1.165, 1.54) is 0 Å². The van der Waals surface area contributed by atoms with Crippen LogP contribution in [0.4, 0.5) is 0 Å². The molecule has 44 valence electrons. The Hall–Kier alpha value is -0.490. The fraction of sp³-hybridized carbons (Fsp3) is 0.500. The maximum atomic E-state index is 10.2. The van der Waals surface area contributed by atoms with E-state index in [2.05, 4.69) is 13.6 Å². The first kappa shape index (κ1) is 7.51. The van der Waals surface area contributed by atoms with Crippen LogP contribution >= 0.6 is 22.9 Å². The molecule has 6 heteroatoms. The molecule has 0 bridgehead atoms. The number of rotatable bonds is 2. The third-order valence-electron chi connectivity index (χ3n) is 0.383. The van der Waals surface area contributed by atoms with Crippen LogP contribution in [0.25, 0.3) is 10.4 Å². The molecule has 1 N–H and O–H groups in total. The largest absolute Gasteiger partial charge is 0.299 e. The standard InChI is InChI=1S/C2H3IN4O/c3-6-2(8)1-5-7-4/h1H2,(H,6,8). The van der Waals surface area contributed by atoms with Gasteiger partial charge >= 0.3 is 0 Å². The molecule has 8 heavy (non-hydrogen) atoms. The number of hydrogen-bond acceptors (Lipinski definition) is 2. The number of amides is 1. The summed E-state index contributed by atoms with van der Waals surface area (Å²) in [6.45, 7) is -0.126. The van der Waals surface area contributed by atoms with Crippen LogP contribution in [-0.4, -0.2) is 12.5 Å². The molecule has 1 amide bonds. The normalized spacial score (nSPS) is 7.12. The van der Waals surface area contributed by atoms with Crippen LogP contribution in [0, 0.1) is 0 Å². The second-order valence-corrected chi connectivity index (χ2v) is 1.45. The van der Waals surface area contributed by atoms with E-state index in [0.717, 1.165) is 0 Å². The molecule has 0 aromatic heterocycles. The topological polar surface area (TPSA) is 77.9 Å². The first-order valence-corrected chi connectivity index (χ1v) is 2.79. The van der Waals surface area contributed by atoms with Crippen molar-refractivity contribution in [2.75, 3.05) is 6.54 Å². The molecule has 0 aliphatic carbocycles. The van der Waals surface area contributed by atoms with E-state index >= 15 is 0 Å². The van der Waals surface area contributed by atoms with E-state index in [1.807, 2.05) is 0 Å². The number of halogens is 1. The van der Waals surface area contributed by atoms with Crippen LogP contribution in [0.5, 0.6) is 0 Å². The Morgan fingerprint density at radius 2 is 2.62 bits per heavy atom. The molecular formula is C2H3IN4O. The number of azide groups is 1. The van der Waals surface area contributed by atoms with Gasteiger partial charge in [-0.3, -0.25) is 8.32 Å². The quantitative estimate of drug-likeness (QED) is 0.243. The highest BCUT2D eigenvalue weighted by molar-refractivity contribution is 14.1. The van der Waals surface area contributed by atoms with Crippen molar-refractivity contribution >= 4 is 28.8 Å². The molecule has 0 aliphatic rings. The number of hydrogen-bond donors (Lipinski definition) is 1. The van der Waals surface area contributed by atoms with Crippen molar-refractivity contribution in [3.8, 4) is 0 Å². The van der Waals surface area contributed by atoms with Gasteiger partial charge in [-0.1, -0.05) is 5.11 Å². The SMILES string of the molecule is [N-]=[N+]=NCC(=O)NI. The van der Waals surface area contributed by atoms with E-state index in [1.54, 1.807) is 22.9 Å². The third-order valence-corrected chi connectivity index (χ3v) is 0.985. The predicted octanol–water partition coefficient (Wildman–Crippen LogP) is 0.763. The molecule has 0 aromatic rings. The molecule has 5 nitrogen and oxygen atoms in total. The van der Waals surface area contributed by atoms with E-state index < -0.39 is 0 Å². The van der Waals surface area contributed by atoms with Gasteiger partial charge in [0.05, 0.1) is 22.9 Å². The Morgan fingerprint density at radius 3 is 3.00 bits per heavy atom. The molecule has 0 spiro atoms. The van der Waals surface area contributed by atoms with Crippen LogP contribution < -0.4 is 3.53 Å². The first-order chi connectivity index (χ1) is 3.81. The van der Waals surface area contributed by atoms with Gasteiger partial charge in [-0.15, -0.1) is 0 Å². The monoisotopic (exact) mass is 226 g/mol. The summed E-state index contributed by atoms with van der Waals surface area (Å²) in [7, 11) is 0. The summed E-state index contributed by atoms with van der Waals surface area (Å²) >= 11 is 1.67. The molecule has 0 atom stereocenters. The van der Waals surface area contributed by atoms with E-state index in [9.17, 15) is 4.79 Å². The van der Waals surface area contributed by atoms with Gasteiger partial charge < -0.3 is 0 Å². The summed E-state index contributed by atoms with van der Waals surface area (Å²) in [4.78, 5) is 12.6. The smallest absolute Gasteiger partial charge is 0.234 e. The lowest BCUT2D eigenvalue weighted by atomic mass is 10.7. The molecule has 0 heterocycles. The van der Waals surface area contributed by atoms with Crippen LogP contribution in [0.2, 0.25) is 0 Å². The maximum Gasteiger partial charge on any atom is 0.234 e. The van der Waals surface area contributed by atoms with Crippen molar-refractivity contribution in [1.29, 1.82) is 0 Å². The zero-order valence-corrected chi connectivity index (χ0v) is 5.99. The van der Waals surface area contributed by atoms with Gasteiger partial charge in [0.25, 0.3) is 0 Å². The van der Waals surface area contributed by atoms with E-state index in [0.29, 0.717) is 0 Å². The van der Waals surface area contributed by atoms with E-state index in [-0.39, 0.29) is 12.5 Å². The van der Waals surface area contributed by atoms with Crippen molar-refractivity contribution in [3.63, 3.8) is 0 Å². The summed E-state index contributed by atoms with van der Waals surface area (Å²) in [5, 5.41) is 3.01. The van der Waals surface area contributed by atoms with Crippen molar-refractivity contribution in [2.24, 2.45) is 5.11 Å². The summed E-state index contributed by atoms with van der Waals surface area (Å²) in [5.41, 5.74) is 7.69. The molecule has 0 fully saturated rings. The Bertz CT molecular complexity index is 128. The van der Waals surface area contributed by atoms with Gasteiger partial charge in [0.2, 0.25) is 5.91 Å². The van der Waals surface area contributed by atoms with Crippen LogP contribution in [0.1, 0.15) is 0 Å². The molecule has 0 radical (unpaired) electrons. The second-order valence-electron chi connectivity index (χ2n) is 0.907. The summed E-state index contributed by atoms with van der Waals surface area (Å²) in [6, 6.07) is 0. The predicted molar refractivity (Wildman–Crippen MR) is 36.2 cm³/mol. The number of nitrogens with zero attached hydrogens (tertiary/aromatic N) is 3. The first-order valence-electron chi connectivity index (χ1n) is 1.71. The highest BCUT2D eigenvalue weighted by Gasteiger charge is 1.90. The van der Waals surface area contributed by atoms with Gasteiger partial charge in [0.1, 0.15) is 6.54 Å². The average Bonchev–Trinajstić information content (AvgIpc) is 1.83. The highest BCUT2D eigenvalue weighted by Crippen LogP contribution is 1.74. The van der Waals surface area contributed by atoms with Crippen molar-refractivity contribution in [3.05, 3.63) is 10.4 Å². The van der Waals surface area contributed by atoms with Crippen LogP contribution in [-0.2, 0) is 4.79 Å².